The predicted octanol–water partition coefficient (Wildman–Crippen LogP) is 4.61. The first-order valence-corrected chi connectivity index (χ1v) is 13.7. The summed E-state index contributed by atoms with van der Waals surface area (Å²) in [4.78, 5) is 27.2. The van der Waals surface area contributed by atoms with E-state index < -0.39 is 27.2 Å². The van der Waals surface area contributed by atoms with Crippen molar-refractivity contribution in [2.24, 2.45) is 0 Å². The molecule has 1 saturated heterocycles. The number of rotatable bonds is 3. The minimum atomic E-state index is -3.76. The molecule has 6 nitrogen and oxygen atoms in total. The molecule has 2 aliphatic heterocycles. The zero-order chi connectivity index (χ0) is 25.8. The number of anilines is 1. The first-order chi connectivity index (χ1) is 17.0. The van der Waals surface area contributed by atoms with Crippen LogP contribution in [0.3, 0.4) is 0 Å². The molecule has 0 unspecified atom stereocenters. The fraction of sp³-hybridized carbons (Fsp3) is 0.185. The van der Waals surface area contributed by atoms with E-state index in [1.54, 1.807) is 42.5 Å². The van der Waals surface area contributed by atoms with Crippen LogP contribution in [0.25, 0.3) is 0 Å². The van der Waals surface area contributed by atoms with Crippen LogP contribution in [0.5, 0.6) is 0 Å². The van der Waals surface area contributed by atoms with Gasteiger partial charge in [0.1, 0.15) is 5.41 Å². The van der Waals surface area contributed by atoms with E-state index in [-0.39, 0.29) is 28.7 Å². The number of carbonyl (C=O) groups is 2. The van der Waals surface area contributed by atoms with E-state index in [4.69, 9.17) is 29.6 Å². The van der Waals surface area contributed by atoms with E-state index in [0.717, 1.165) is 6.26 Å². The third-order valence-electron chi connectivity index (χ3n) is 6.89. The molecule has 36 heavy (non-hydrogen) atoms. The fourth-order valence-electron chi connectivity index (χ4n) is 5.47. The largest absolute Gasteiger partial charge is 0.348 e. The first kappa shape index (κ1) is 24.4. The Balaban J connectivity index is 1.88. The van der Waals surface area contributed by atoms with Gasteiger partial charge in [-0.05, 0) is 59.2 Å². The molecular formula is C27H20Cl2N2O4S. The first-order valence-electron chi connectivity index (χ1n) is 11.0. The number of piperidine rings is 1. The third kappa shape index (κ3) is 3.77. The molecular weight excluding hydrogens is 519 g/mol. The van der Waals surface area contributed by atoms with Gasteiger partial charge in [0.15, 0.2) is 9.84 Å². The van der Waals surface area contributed by atoms with Crippen molar-refractivity contribution >= 4 is 50.5 Å². The summed E-state index contributed by atoms with van der Waals surface area (Å²) in [6, 6.07) is 15.5. The minimum absolute atomic E-state index is 0.0185. The van der Waals surface area contributed by atoms with Gasteiger partial charge in [0.05, 0.1) is 10.9 Å². The van der Waals surface area contributed by atoms with E-state index in [9.17, 15) is 18.0 Å². The summed E-state index contributed by atoms with van der Waals surface area (Å²) in [5, 5.41) is 6.72. The van der Waals surface area contributed by atoms with Gasteiger partial charge in [-0.25, -0.2) is 8.42 Å². The number of carbonyl (C=O) groups excluding carboxylic acids is 2. The maximum absolute atomic E-state index is 14.1. The zero-order valence-electron chi connectivity index (χ0n) is 19.0. The van der Waals surface area contributed by atoms with Crippen LogP contribution in [-0.4, -0.2) is 26.5 Å². The molecule has 0 bridgehead atoms. The average Bonchev–Trinajstić information content (AvgIpc) is 3.10. The van der Waals surface area contributed by atoms with Crippen LogP contribution < -0.4 is 10.6 Å². The number of halogens is 2. The van der Waals surface area contributed by atoms with Crippen molar-refractivity contribution in [2.45, 2.75) is 28.7 Å². The number of fused-ring (bicyclic) bond motifs is 2. The van der Waals surface area contributed by atoms with E-state index in [1.165, 1.54) is 12.1 Å². The molecule has 1 spiro atoms. The molecule has 0 saturated carbocycles. The fourth-order valence-corrected chi connectivity index (χ4v) is 6.76. The SMILES string of the molecule is C#Cc1ccc(S(C)(=O)=O)c([C@@H]2NC(=O)C[C@@H](c3cccc(Cl)c3)[C@]23C(=O)Nc2cc(Cl)ccc23)c1. The van der Waals surface area contributed by atoms with E-state index in [0.29, 0.717) is 32.4 Å². The molecule has 2 heterocycles. The van der Waals surface area contributed by atoms with Gasteiger partial charge in [-0.2, -0.15) is 0 Å². The summed E-state index contributed by atoms with van der Waals surface area (Å²) < 4.78 is 25.7. The van der Waals surface area contributed by atoms with Crippen LogP contribution in [0, 0.1) is 12.3 Å². The van der Waals surface area contributed by atoms with Gasteiger partial charge in [-0.3, -0.25) is 9.59 Å². The second kappa shape index (κ2) is 8.67. The van der Waals surface area contributed by atoms with Crippen molar-refractivity contribution in [3.63, 3.8) is 0 Å². The second-order valence-corrected chi connectivity index (χ2v) is 11.9. The van der Waals surface area contributed by atoms with Crippen LogP contribution in [-0.2, 0) is 24.8 Å². The maximum Gasteiger partial charge on any atom is 0.238 e. The Kier molecular flexibility index (Phi) is 5.87. The summed E-state index contributed by atoms with van der Waals surface area (Å²) in [5.74, 6) is 1.13. The molecule has 0 aromatic heterocycles. The number of hydrogen-bond acceptors (Lipinski definition) is 4. The molecule has 2 aliphatic rings. The number of hydrogen-bond donors (Lipinski definition) is 2. The third-order valence-corrected chi connectivity index (χ3v) is 8.53. The Bertz CT molecular complexity index is 1600. The van der Waals surface area contributed by atoms with Crippen LogP contribution in [0.15, 0.2) is 65.6 Å². The Labute approximate surface area is 218 Å². The number of amides is 2. The normalized spacial score (nSPS) is 23.1. The molecule has 3 atom stereocenters. The van der Waals surface area contributed by atoms with Gasteiger partial charge in [-0.1, -0.05) is 47.3 Å². The highest BCUT2D eigenvalue weighted by Crippen LogP contribution is 2.58. The van der Waals surface area contributed by atoms with E-state index in [1.807, 2.05) is 6.07 Å². The molecule has 5 rings (SSSR count). The Morgan fingerprint density at radius 1 is 1.03 bits per heavy atom. The summed E-state index contributed by atoms with van der Waals surface area (Å²) >= 11 is 12.5. The summed E-state index contributed by atoms with van der Waals surface area (Å²) in [5.41, 5.74) is 1.01. The average molecular weight is 539 g/mol. The second-order valence-electron chi connectivity index (χ2n) is 8.99. The van der Waals surface area contributed by atoms with Gasteiger partial charge < -0.3 is 10.6 Å². The number of nitrogens with one attached hydrogen (secondary N) is 2. The summed E-state index contributed by atoms with van der Waals surface area (Å²) in [6.45, 7) is 0. The van der Waals surface area contributed by atoms with Gasteiger partial charge in [0.25, 0.3) is 0 Å². The number of benzene rings is 3. The number of sulfone groups is 1. The van der Waals surface area contributed by atoms with E-state index in [2.05, 4.69) is 16.6 Å². The van der Waals surface area contributed by atoms with Gasteiger partial charge >= 0.3 is 0 Å². The molecule has 2 N–H and O–H groups in total. The monoisotopic (exact) mass is 538 g/mol. The molecule has 3 aromatic rings. The van der Waals surface area contributed by atoms with Crippen molar-refractivity contribution in [1.29, 1.82) is 0 Å². The highest BCUT2D eigenvalue weighted by atomic mass is 35.5. The standard InChI is InChI=1S/C27H20Cl2N2O4S/c1-3-15-7-10-23(36(2,34)35)19(11-15)25-27(20-9-8-18(29)13-22(20)30-26(27)33)21(14-24(32)31-25)16-5-4-6-17(28)12-16/h1,4-13,21,25H,14H2,2H3,(H,30,33)(H,31,32)/t21-,25-,27-/m0/s1. The van der Waals surface area contributed by atoms with Gasteiger partial charge in [0, 0.05) is 39.9 Å². The lowest BCUT2D eigenvalue weighted by molar-refractivity contribution is -0.131. The van der Waals surface area contributed by atoms with E-state index >= 15 is 0 Å². The van der Waals surface area contributed by atoms with Crippen LogP contribution >= 0.6 is 23.2 Å². The van der Waals surface area contributed by atoms with Crippen molar-refractivity contribution in [1.82, 2.24) is 5.32 Å². The summed E-state index contributed by atoms with van der Waals surface area (Å²) in [6.07, 6.45) is 6.70. The minimum Gasteiger partial charge on any atom is -0.348 e. The quantitative estimate of drug-likeness (QED) is 0.476. The van der Waals surface area contributed by atoms with Crippen LogP contribution in [0.2, 0.25) is 10.0 Å². The number of terminal acetylenes is 1. The maximum atomic E-state index is 14.1. The van der Waals surface area contributed by atoms with Gasteiger partial charge in [0.2, 0.25) is 11.8 Å². The predicted molar refractivity (Wildman–Crippen MR) is 139 cm³/mol. The Morgan fingerprint density at radius 3 is 2.47 bits per heavy atom. The Morgan fingerprint density at radius 2 is 1.78 bits per heavy atom. The highest BCUT2D eigenvalue weighted by molar-refractivity contribution is 7.90. The molecule has 0 aliphatic carbocycles. The van der Waals surface area contributed by atoms with Crippen molar-refractivity contribution < 1.29 is 18.0 Å². The van der Waals surface area contributed by atoms with Crippen molar-refractivity contribution in [2.75, 3.05) is 11.6 Å². The molecule has 2 amide bonds. The molecule has 0 radical (unpaired) electrons. The highest BCUT2D eigenvalue weighted by Gasteiger charge is 2.61. The van der Waals surface area contributed by atoms with Gasteiger partial charge in [-0.15, -0.1) is 6.42 Å². The van der Waals surface area contributed by atoms with Crippen LogP contribution in [0.1, 0.15) is 40.6 Å². The van der Waals surface area contributed by atoms with Crippen molar-refractivity contribution in [3.8, 4) is 12.3 Å². The molecule has 182 valence electrons. The Hall–Kier alpha value is -3.31. The summed E-state index contributed by atoms with van der Waals surface area (Å²) in [7, 11) is -3.76. The molecule has 3 aromatic carbocycles. The van der Waals surface area contributed by atoms with Crippen LogP contribution in [0.4, 0.5) is 5.69 Å². The molecule has 9 heteroatoms. The lowest BCUT2D eigenvalue weighted by Gasteiger charge is -2.46. The van der Waals surface area contributed by atoms with Crippen molar-refractivity contribution in [3.05, 3.63) is 93.0 Å². The zero-order valence-corrected chi connectivity index (χ0v) is 21.3. The molecule has 1 fully saturated rings. The lowest BCUT2D eigenvalue weighted by atomic mass is 9.59. The lowest BCUT2D eigenvalue weighted by Crippen LogP contribution is -2.57. The topological polar surface area (TPSA) is 92.3 Å². The smallest absolute Gasteiger partial charge is 0.238 e.